The van der Waals surface area contributed by atoms with E-state index < -0.39 is 0 Å². The van der Waals surface area contributed by atoms with E-state index in [4.69, 9.17) is 5.73 Å². The molecule has 0 aliphatic heterocycles. The fraction of sp³-hybridized carbons (Fsp3) is 0.294. The molecule has 0 spiro atoms. The van der Waals surface area contributed by atoms with Gasteiger partial charge in [-0.25, -0.2) is 0 Å². The zero-order valence-corrected chi connectivity index (χ0v) is 12.4. The smallest absolute Gasteiger partial charge is 0.0562 e. The molecule has 0 radical (unpaired) electrons. The second-order valence-corrected chi connectivity index (χ2v) is 5.56. The van der Waals surface area contributed by atoms with E-state index in [1.807, 2.05) is 0 Å². The fourth-order valence-electron chi connectivity index (χ4n) is 2.33. The third-order valence-corrected chi connectivity index (χ3v) is 4.13. The van der Waals surface area contributed by atoms with E-state index in [1.165, 1.54) is 28.0 Å². The summed E-state index contributed by atoms with van der Waals surface area (Å²) < 4.78 is 0. The van der Waals surface area contributed by atoms with Gasteiger partial charge in [-0.15, -0.1) is 11.8 Å². The second kappa shape index (κ2) is 6.78. The number of rotatable bonds is 5. The average Bonchev–Trinajstić information content (AvgIpc) is 2.47. The molecule has 0 heterocycles. The molecule has 0 aromatic heterocycles. The summed E-state index contributed by atoms with van der Waals surface area (Å²) in [5, 5.41) is 0. The average molecular weight is 271 g/mol. The van der Waals surface area contributed by atoms with E-state index in [0.717, 1.165) is 6.42 Å². The quantitative estimate of drug-likeness (QED) is 0.815. The molecular formula is C17H21NS. The van der Waals surface area contributed by atoms with E-state index in [-0.39, 0.29) is 6.04 Å². The summed E-state index contributed by atoms with van der Waals surface area (Å²) in [4.78, 5) is 1.26. The Bertz CT molecular complexity index is 536. The summed E-state index contributed by atoms with van der Waals surface area (Å²) in [6.07, 6.45) is 4.38. The highest BCUT2D eigenvalue weighted by Gasteiger charge is 2.12. The standard InChI is InChI=1S/C17H21NS/c1-3-7-13-8-6-9-14(12-13)17(18)15-10-4-5-11-16(15)19-2/h4-6,8-12,17H,3,7,18H2,1-2H3. The molecule has 1 nitrogen and oxygen atoms in total. The molecule has 0 bridgehead atoms. The molecule has 0 saturated carbocycles. The molecule has 1 atom stereocenters. The van der Waals surface area contributed by atoms with Gasteiger partial charge >= 0.3 is 0 Å². The van der Waals surface area contributed by atoms with Gasteiger partial charge in [-0.1, -0.05) is 55.8 Å². The maximum absolute atomic E-state index is 6.44. The SMILES string of the molecule is CCCc1cccc(C(N)c2ccccc2SC)c1. The largest absolute Gasteiger partial charge is 0.320 e. The number of nitrogens with two attached hydrogens (primary N) is 1. The number of aryl methyl sites for hydroxylation is 1. The van der Waals surface area contributed by atoms with Gasteiger partial charge in [0.15, 0.2) is 0 Å². The first-order valence-electron chi connectivity index (χ1n) is 6.73. The van der Waals surface area contributed by atoms with Gasteiger partial charge in [0.1, 0.15) is 0 Å². The van der Waals surface area contributed by atoms with Crippen LogP contribution < -0.4 is 5.73 Å². The molecule has 0 aliphatic carbocycles. The fourth-order valence-corrected chi connectivity index (χ4v) is 2.98. The minimum absolute atomic E-state index is 0.0412. The van der Waals surface area contributed by atoms with Crippen molar-refractivity contribution >= 4 is 11.8 Å². The van der Waals surface area contributed by atoms with Crippen LogP contribution in [0.2, 0.25) is 0 Å². The van der Waals surface area contributed by atoms with Gasteiger partial charge in [-0.3, -0.25) is 0 Å². The lowest BCUT2D eigenvalue weighted by Crippen LogP contribution is -2.13. The van der Waals surface area contributed by atoms with Crippen molar-refractivity contribution in [3.05, 3.63) is 65.2 Å². The van der Waals surface area contributed by atoms with Gasteiger partial charge in [-0.2, -0.15) is 0 Å². The normalized spacial score (nSPS) is 12.4. The van der Waals surface area contributed by atoms with Crippen LogP contribution in [0.3, 0.4) is 0 Å². The maximum Gasteiger partial charge on any atom is 0.0562 e. The maximum atomic E-state index is 6.44. The van der Waals surface area contributed by atoms with Gasteiger partial charge in [0.05, 0.1) is 6.04 Å². The van der Waals surface area contributed by atoms with Crippen molar-refractivity contribution in [3.63, 3.8) is 0 Å². The highest BCUT2D eigenvalue weighted by Crippen LogP contribution is 2.28. The van der Waals surface area contributed by atoms with Gasteiger partial charge in [0.2, 0.25) is 0 Å². The molecule has 0 saturated heterocycles. The van der Waals surface area contributed by atoms with E-state index in [2.05, 4.69) is 61.7 Å². The molecule has 100 valence electrons. The minimum Gasteiger partial charge on any atom is -0.320 e. The van der Waals surface area contributed by atoms with Crippen LogP contribution in [0.4, 0.5) is 0 Å². The molecule has 2 N–H and O–H groups in total. The van der Waals surface area contributed by atoms with Gasteiger partial charge in [0.25, 0.3) is 0 Å². The van der Waals surface area contributed by atoms with Crippen LogP contribution in [0.15, 0.2) is 53.4 Å². The van der Waals surface area contributed by atoms with Crippen LogP contribution in [-0.2, 0) is 6.42 Å². The summed E-state index contributed by atoms with van der Waals surface area (Å²) >= 11 is 1.75. The molecule has 2 aromatic carbocycles. The summed E-state index contributed by atoms with van der Waals surface area (Å²) in [7, 11) is 0. The van der Waals surface area contributed by atoms with Crippen LogP contribution >= 0.6 is 11.8 Å². The van der Waals surface area contributed by atoms with Gasteiger partial charge in [-0.05, 0) is 35.4 Å². The Morgan fingerprint density at radius 1 is 1.11 bits per heavy atom. The Kier molecular flexibility index (Phi) is 5.06. The van der Waals surface area contributed by atoms with E-state index in [1.54, 1.807) is 11.8 Å². The third-order valence-electron chi connectivity index (χ3n) is 3.32. The minimum atomic E-state index is -0.0412. The molecule has 2 heteroatoms. The van der Waals surface area contributed by atoms with Crippen LogP contribution in [0.1, 0.15) is 36.1 Å². The predicted octanol–water partition coefficient (Wildman–Crippen LogP) is 4.41. The van der Waals surface area contributed by atoms with Crippen molar-refractivity contribution in [3.8, 4) is 0 Å². The molecular weight excluding hydrogens is 250 g/mol. The molecule has 1 unspecified atom stereocenters. The first-order chi connectivity index (χ1) is 9.26. The summed E-state index contributed by atoms with van der Waals surface area (Å²) in [6.45, 7) is 2.20. The Labute approximate surface area is 120 Å². The summed E-state index contributed by atoms with van der Waals surface area (Å²) in [5.41, 5.74) is 10.2. The topological polar surface area (TPSA) is 26.0 Å². The lowest BCUT2D eigenvalue weighted by atomic mass is 9.97. The Morgan fingerprint density at radius 2 is 1.89 bits per heavy atom. The molecule has 2 rings (SSSR count). The number of hydrogen-bond acceptors (Lipinski definition) is 2. The van der Waals surface area contributed by atoms with Crippen molar-refractivity contribution in [2.75, 3.05) is 6.26 Å². The molecule has 19 heavy (non-hydrogen) atoms. The lowest BCUT2D eigenvalue weighted by molar-refractivity contribution is 0.839. The highest BCUT2D eigenvalue weighted by molar-refractivity contribution is 7.98. The van der Waals surface area contributed by atoms with Crippen molar-refractivity contribution in [1.82, 2.24) is 0 Å². The van der Waals surface area contributed by atoms with Gasteiger partial charge in [0, 0.05) is 4.90 Å². The van der Waals surface area contributed by atoms with Crippen molar-refractivity contribution in [2.45, 2.75) is 30.7 Å². The van der Waals surface area contributed by atoms with E-state index in [9.17, 15) is 0 Å². The van der Waals surface area contributed by atoms with Crippen LogP contribution in [0, 0.1) is 0 Å². The first-order valence-corrected chi connectivity index (χ1v) is 7.96. The molecule has 0 fully saturated rings. The predicted molar refractivity (Wildman–Crippen MR) is 84.7 cm³/mol. The number of thioether (sulfide) groups is 1. The van der Waals surface area contributed by atoms with Crippen LogP contribution in [0.25, 0.3) is 0 Å². The van der Waals surface area contributed by atoms with E-state index in [0.29, 0.717) is 0 Å². The number of benzene rings is 2. The zero-order valence-electron chi connectivity index (χ0n) is 11.6. The van der Waals surface area contributed by atoms with Crippen LogP contribution in [0.5, 0.6) is 0 Å². The van der Waals surface area contributed by atoms with Gasteiger partial charge < -0.3 is 5.73 Å². The Hall–Kier alpha value is -1.25. The first kappa shape index (κ1) is 14.2. The Morgan fingerprint density at radius 3 is 2.63 bits per heavy atom. The summed E-state index contributed by atoms with van der Waals surface area (Å²) in [6, 6.07) is 17.0. The number of hydrogen-bond donors (Lipinski definition) is 1. The zero-order chi connectivity index (χ0) is 13.7. The molecule has 0 aliphatic rings. The highest BCUT2D eigenvalue weighted by atomic mass is 32.2. The van der Waals surface area contributed by atoms with Crippen LogP contribution in [-0.4, -0.2) is 6.26 Å². The summed E-state index contributed by atoms with van der Waals surface area (Å²) in [5.74, 6) is 0. The second-order valence-electron chi connectivity index (χ2n) is 4.71. The van der Waals surface area contributed by atoms with Crippen molar-refractivity contribution < 1.29 is 0 Å². The lowest BCUT2D eigenvalue weighted by Gasteiger charge is -2.16. The van der Waals surface area contributed by atoms with Crippen molar-refractivity contribution in [2.24, 2.45) is 5.73 Å². The Balaban J connectivity index is 2.32. The molecule has 0 amide bonds. The third kappa shape index (κ3) is 3.40. The molecule has 2 aromatic rings. The van der Waals surface area contributed by atoms with Crippen molar-refractivity contribution in [1.29, 1.82) is 0 Å². The van der Waals surface area contributed by atoms with E-state index >= 15 is 0 Å². The monoisotopic (exact) mass is 271 g/mol.